The van der Waals surface area contributed by atoms with Gasteiger partial charge >= 0.3 is 0 Å². The Bertz CT molecular complexity index is 323. The molecule has 1 heteroatoms. The van der Waals surface area contributed by atoms with Crippen LogP contribution in [0.15, 0.2) is 24.3 Å². The van der Waals surface area contributed by atoms with Gasteiger partial charge in [0.1, 0.15) is 0 Å². The summed E-state index contributed by atoms with van der Waals surface area (Å²) in [6.07, 6.45) is 37.8. The quantitative estimate of drug-likeness (QED) is 0.122. The lowest BCUT2D eigenvalue weighted by Gasteiger charge is -2.10. The Hall–Kier alpha value is -0.560. The molecule has 0 spiro atoms. The van der Waals surface area contributed by atoms with Crippen molar-refractivity contribution in [1.82, 2.24) is 0 Å². The fraction of sp³-hybridized carbons (Fsp3) is 0.862. The molecule has 0 aliphatic rings. The summed E-state index contributed by atoms with van der Waals surface area (Å²) in [4.78, 5) is 0. The standard InChI is InChI=1S/C29H56O/c1-3-5-7-9-11-13-15-17-19-21-23-25-27-29(30)28-26-24-22-20-18-16-14-12-10-8-6-4-2/h5-8,29-30H,3-4,9-28H2,1-2H3/b7-5-,8-6-. The monoisotopic (exact) mass is 420 g/mol. The Labute approximate surface area is 190 Å². The first kappa shape index (κ1) is 29.4. The van der Waals surface area contributed by atoms with Gasteiger partial charge in [0.15, 0.2) is 0 Å². The molecule has 0 aromatic heterocycles. The highest BCUT2D eigenvalue weighted by Gasteiger charge is 2.03. The Morgan fingerprint density at radius 1 is 0.433 bits per heavy atom. The molecule has 0 unspecified atom stereocenters. The Kier molecular flexibility index (Phi) is 26.0. The van der Waals surface area contributed by atoms with Crippen LogP contribution in [0.5, 0.6) is 0 Å². The van der Waals surface area contributed by atoms with Crippen LogP contribution < -0.4 is 0 Å². The smallest absolute Gasteiger partial charge is 0.0540 e. The number of hydrogen-bond donors (Lipinski definition) is 1. The average Bonchev–Trinajstić information content (AvgIpc) is 2.75. The number of aliphatic hydroxyl groups is 1. The third-order valence-electron chi connectivity index (χ3n) is 6.12. The SMILES string of the molecule is CC/C=C\CCCCCCCCCCC(O)CCCCCCCCCC/C=C\CC. The maximum atomic E-state index is 10.2. The van der Waals surface area contributed by atoms with E-state index in [9.17, 15) is 5.11 Å². The van der Waals surface area contributed by atoms with Gasteiger partial charge in [-0.25, -0.2) is 0 Å². The number of aliphatic hydroxyl groups excluding tert-OH is 1. The summed E-state index contributed by atoms with van der Waals surface area (Å²) in [5, 5.41) is 10.2. The normalized spacial score (nSPS) is 12.1. The minimum absolute atomic E-state index is 0.0441. The van der Waals surface area contributed by atoms with E-state index in [4.69, 9.17) is 0 Å². The van der Waals surface area contributed by atoms with Gasteiger partial charge in [-0.1, -0.05) is 128 Å². The Balaban J connectivity index is 3.17. The first-order chi connectivity index (χ1) is 14.8. The number of rotatable bonds is 24. The van der Waals surface area contributed by atoms with E-state index in [1.807, 2.05) is 0 Å². The van der Waals surface area contributed by atoms with Gasteiger partial charge in [0, 0.05) is 0 Å². The van der Waals surface area contributed by atoms with Crippen molar-refractivity contribution in [3.05, 3.63) is 24.3 Å². The van der Waals surface area contributed by atoms with Crippen molar-refractivity contribution in [2.45, 2.75) is 161 Å². The largest absolute Gasteiger partial charge is 0.393 e. The second-order valence-electron chi connectivity index (χ2n) is 9.22. The van der Waals surface area contributed by atoms with E-state index in [-0.39, 0.29) is 6.10 Å². The summed E-state index contributed by atoms with van der Waals surface area (Å²) in [7, 11) is 0. The van der Waals surface area contributed by atoms with Crippen LogP contribution in [0.2, 0.25) is 0 Å². The summed E-state index contributed by atoms with van der Waals surface area (Å²) in [6.45, 7) is 4.40. The van der Waals surface area contributed by atoms with Crippen LogP contribution in [0.4, 0.5) is 0 Å². The summed E-state index contributed by atoms with van der Waals surface area (Å²) in [5.74, 6) is 0. The molecule has 0 radical (unpaired) electrons. The van der Waals surface area contributed by atoms with Gasteiger partial charge in [-0.2, -0.15) is 0 Å². The predicted octanol–water partition coefficient (Wildman–Crippen LogP) is 10.1. The molecule has 0 atom stereocenters. The summed E-state index contributed by atoms with van der Waals surface area (Å²) >= 11 is 0. The topological polar surface area (TPSA) is 20.2 Å². The van der Waals surface area contributed by atoms with E-state index in [2.05, 4.69) is 38.2 Å². The van der Waals surface area contributed by atoms with Crippen molar-refractivity contribution >= 4 is 0 Å². The minimum atomic E-state index is -0.0441. The van der Waals surface area contributed by atoms with Crippen molar-refractivity contribution < 1.29 is 5.11 Å². The fourth-order valence-electron chi connectivity index (χ4n) is 4.12. The van der Waals surface area contributed by atoms with E-state index < -0.39 is 0 Å². The first-order valence-electron chi connectivity index (χ1n) is 13.8. The summed E-state index contributed by atoms with van der Waals surface area (Å²) in [6, 6.07) is 0. The highest BCUT2D eigenvalue weighted by atomic mass is 16.3. The lowest BCUT2D eigenvalue weighted by atomic mass is 10.0. The average molecular weight is 421 g/mol. The Morgan fingerprint density at radius 3 is 1.07 bits per heavy atom. The van der Waals surface area contributed by atoms with Crippen LogP contribution >= 0.6 is 0 Å². The third kappa shape index (κ3) is 25.5. The van der Waals surface area contributed by atoms with Crippen molar-refractivity contribution in [3.63, 3.8) is 0 Å². The molecule has 0 saturated carbocycles. The zero-order valence-electron chi connectivity index (χ0n) is 20.9. The molecule has 0 rings (SSSR count). The second kappa shape index (κ2) is 26.5. The molecule has 1 N–H and O–H groups in total. The molecular weight excluding hydrogens is 364 g/mol. The molecule has 0 aromatic rings. The zero-order valence-corrected chi connectivity index (χ0v) is 20.9. The maximum Gasteiger partial charge on any atom is 0.0540 e. The lowest BCUT2D eigenvalue weighted by molar-refractivity contribution is 0.147. The van der Waals surface area contributed by atoms with Crippen LogP contribution in [0, 0.1) is 0 Å². The van der Waals surface area contributed by atoms with E-state index in [0.29, 0.717) is 0 Å². The number of unbranched alkanes of at least 4 members (excludes halogenated alkanes) is 16. The highest BCUT2D eigenvalue weighted by Crippen LogP contribution is 2.15. The van der Waals surface area contributed by atoms with Crippen LogP contribution in [0.1, 0.15) is 155 Å². The van der Waals surface area contributed by atoms with Crippen molar-refractivity contribution in [3.8, 4) is 0 Å². The zero-order chi connectivity index (χ0) is 22.0. The molecule has 1 nitrogen and oxygen atoms in total. The van der Waals surface area contributed by atoms with Crippen LogP contribution in [-0.2, 0) is 0 Å². The van der Waals surface area contributed by atoms with Gasteiger partial charge in [-0.3, -0.25) is 0 Å². The number of allylic oxidation sites excluding steroid dienone is 4. The molecule has 0 aliphatic carbocycles. The summed E-state index contributed by atoms with van der Waals surface area (Å²) in [5.41, 5.74) is 0. The molecular formula is C29H56O. The molecule has 0 bridgehead atoms. The van der Waals surface area contributed by atoms with Gasteiger partial charge in [-0.15, -0.1) is 0 Å². The molecule has 0 aromatic carbocycles. The number of hydrogen-bond acceptors (Lipinski definition) is 1. The lowest BCUT2D eigenvalue weighted by Crippen LogP contribution is -2.05. The van der Waals surface area contributed by atoms with Crippen LogP contribution in [0.25, 0.3) is 0 Å². The van der Waals surface area contributed by atoms with E-state index in [1.165, 1.54) is 128 Å². The van der Waals surface area contributed by atoms with E-state index in [1.54, 1.807) is 0 Å². The van der Waals surface area contributed by atoms with E-state index >= 15 is 0 Å². The Morgan fingerprint density at radius 2 is 0.733 bits per heavy atom. The molecule has 178 valence electrons. The molecule has 0 fully saturated rings. The van der Waals surface area contributed by atoms with E-state index in [0.717, 1.165) is 12.8 Å². The van der Waals surface area contributed by atoms with Gasteiger partial charge < -0.3 is 5.11 Å². The summed E-state index contributed by atoms with van der Waals surface area (Å²) < 4.78 is 0. The minimum Gasteiger partial charge on any atom is -0.393 e. The third-order valence-corrected chi connectivity index (χ3v) is 6.12. The molecule has 0 saturated heterocycles. The second-order valence-corrected chi connectivity index (χ2v) is 9.22. The fourth-order valence-corrected chi connectivity index (χ4v) is 4.12. The molecule has 30 heavy (non-hydrogen) atoms. The van der Waals surface area contributed by atoms with Crippen molar-refractivity contribution in [1.29, 1.82) is 0 Å². The van der Waals surface area contributed by atoms with Crippen LogP contribution in [0.3, 0.4) is 0 Å². The maximum absolute atomic E-state index is 10.2. The predicted molar refractivity (Wildman–Crippen MR) is 137 cm³/mol. The van der Waals surface area contributed by atoms with Gasteiger partial charge in [0.05, 0.1) is 6.10 Å². The molecule has 0 amide bonds. The highest BCUT2D eigenvalue weighted by molar-refractivity contribution is 4.80. The first-order valence-corrected chi connectivity index (χ1v) is 13.8. The van der Waals surface area contributed by atoms with Gasteiger partial charge in [0.25, 0.3) is 0 Å². The van der Waals surface area contributed by atoms with Crippen molar-refractivity contribution in [2.75, 3.05) is 0 Å². The molecule has 0 heterocycles. The van der Waals surface area contributed by atoms with Crippen LogP contribution in [-0.4, -0.2) is 11.2 Å². The van der Waals surface area contributed by atoms with Crippen molar-refractivity contribution in [2.24, 2.45) is 0 Å². The van der Waals surface area contributed by atoms with Gasteiger partial charge in [-0.05, 0) is 51.4 Å². The molecule has 0 aliphatic heterocycles. The van der Waals surface area contributed by atoms with Gasteiger partial charge in [0.2, 0.25) is 0 Å².